The summed E-state index contributed by atoms with van der Waals surface area (Å²) >= 11 is 0. The van der Waals surface area contributed by atoms with Crippen molar-refractivity contribution in [3.8, 4) is 0 Å². The molecule has 0 aromatic rings. The van der Waals surface area contributed by atoms with Gasteiger partial charge in [-0.2, -0.15) is 0 Å². The molecule has 2 aliphatic heterocycles. The third-order valence-electron chi connectivity index (χ3n) is 4.22. The molecule has 100 valence electrons. The van der Waals surface area contributed by atoms with E-state index in [0.717, 1.165) is 25.2 Å². The summed E-state index contributed by atoms with van der Waals surface area (Å²) in [6, 6.07) is 0.813. The quantitative estimate of drug-likeness (QED) is 0.743. The molecule has 2 aliphatic rings. The number of hydrogen-bond donors (Lipinski definition) is 1. The molecule has 1 N–H and O–H groups in total. The van der Waals surface area contributed by atoms with Gasteiger partial charge in [0.15, 0.2) is 0 Å². The first-order chi connectivity index (χ1) is 8.40. The average molecular weight is 240 g/mol. The van der Waals surface area contributed by atoms with Crippen LogP contribution in [0, 0.1) is 5.92 Å². The second-order valence-electron chi connectivity index (χ2n) is 5.53. The zero-order chi connectivity index (χ0) is 11.9. The van der Waals surface area contributed by atoms with Crippen molar-refractivity contribution in [1.82, 2.24) is 10.2 Å². The maximum atomic E-state index is 5.44. The fourth-order valence-corrected chi connectivity index (χ4v) is 3.06. The van der Waals surface area contributed by atoms with Crippen molar-refractivity contribution in [3.63, 3.8) is 0 Å². The van der Waals surface area contributed by atoms with Gasteiger partial charge in [-0.25, -0.2) is 0 Å². The van der Waals surface area contributed by atoms with Crippen LogP contribution in [0.4, 0.5) is 0 Å². The molecule has 2 heterocycles. The second kappa shape index (κ2) is 7.34. The van der Waals surface area contributed by atoms with Gasteiger partial charge in [0.25, 0.3) is 0 Å². The van der Waals surface area contributed by atoms with Gasteiger partial charge in [-0.1, -0.05) is 6.92 Å². The molecule has 2 saturated heterocycles. The molecular formula is C14H28N2O. The molecule has 0 atom stereocenters. The average Bonchev–Trinajstić information content (AvgIpc) is 2.41. The molecule has 0 amide bonds. The van der Waals surface area contributed by atoms with E-state index in [4.69, 9.17) is 4.74 Å². The molecule has 3 heteroatoms. The minimum absolute atomic E-state index is 0.813. The Morgan fingerprint density at radius 2 is 1.82 bits per heavy atom. The van der Waals surface area contributed by atoms with Gasteiger partial charge >= 0.3 is 0 Å². The van der Waals surface area contributed by atoms with Crippen LogP contribution < -0.4 is 5.32 Å². The summed E-state index contributed by atoms with van der Waals surface area (Å²) in [6.45, 7) is 9.22. The van der Waals surface area contributed by atoms with Gasteiger partial charge < -0.3 is 15.0 Å². The maximum Gasteiger partial charge on any atom is 0.0480 e. The Morgan fingerprint density at radius 3 is 2.47 bits per heavy atom. The van der Waals surface area contributed by atoms with Crippen LogP contribution in [0.3, 0.4) is 0 Å². The standard InChI is InChI=1S/C14H28N2O/c1-2-7-15-12-13-3-8-16(9-4-13)14-5-10-17-11-6-14/h13-15H,2-12H2,1H3. The van der Waals surface area contributed by atoms with E-state index in [2.05, 4.69) is 17.1 Å². The van der Waals surface area contributed by atoms with E-state index in [1.54, 1.807) is 0 Å². The largest absolute Gasteiger partial charge is 0.381 e. The molecule has 3 nitrogen and oxygen atoms in total. The Kier molecular flexibility index (Phi) is 5.75. The molecule has 0 aliphatic carbocycles. The Bertz CT molecular complexity index is 196. The minimum Gasteiger partial charge on any atom is -0.381 e. The van der Waals surface area contributed by atoms with Crippen molar-refractivity contribution in [1.29, 1.82) is 0 Å². The molecule has 0 aromatic heterocycles. The second-order valence-corrected chi connectivity index (χ2v) is 5.53. The summed E-state index contributed by atoms with van der Waals surface area (Å²) in [6.07, 6.45) is 6.51. The van der Waals surface area contributed by atoms with Crippen molar-refractivity contribution in [2.45, 2.75) is 45.1 Å². The van der Waals surface area contributed by atoms with Crippen LogP contribution in [0.2, 0.25) is 0 Å². The lowest BCUT2D eigenvalue weighted by atomic mass is 9.94. The van der Waals surface area contributed by atoms with Crippen molar-refractivity contribution in [3.05, 3.63) is 0 Å². The number of rotatable bonds is 5. The molecule has 0 bridgehead atoms. The van der Waals surface area contributed by atoms with E-state index in [-0.39, 0.29) is 0 Å². The molecule has 2 rings (SSSR count). The van der Waals surface area contributed by atoms with Crippen LogP contribution in [-0.2, 0) is 4.74 Å². The molecule has 0 saturated carbocycles. The van der Waals surface area contributed by atoms with Crippen molar-refractivity contribution < 1.29 is 4.74 Å². The van der Waals surface area contributed by atoms with Crippen molar-refractivity contribution in [2.75, 3.05) is 39.4 Å². The molecule has 0 unspecified atom stereocenters. The van der Waals surface area contributed by atoms with Crippen molar-refractivity contribution >= 4 is 0 Å². The molecule has 2 fully saturated rings. The molecule has 0 spiro atoms. The summed E-state index contributed by atoms with van der Waals surface area (Å²) < 4.78 is 5.44. The normalized spacial score (nSPS) is 25.2. The summed E-state index contributed by atoms with van der Waals surface area (Å²) in [5, 5.41) is 3.56. The first-order valence-corrected chi connectivity index (χ1v) is 7.42. The van der Waals surface area contributed by atoms with E-state index in [0.29, 0.717) is 0 Å². The first-order valence-electron chi connectivity index (χ1n) is 7.42. The highest BCUT2D eigenvalue weighted by Crippen LogP contribution is 2.22. The lowest BCUT2D eigenvalue weighted by molar-refractivity contribution is 0.0211. The molecule has 0 radical (unpaired) electrons. The molecular weight excluding hydrogens is 212 g/mol. The van der Waals surface area contributed by atoms with Gasteiger partial charge in [0.2, 0.25) is 0 Å². The monoisotopic (exact) mass is 240 g/mol. The highest BCUT2D eigenvalue weighted by Gasteiger charge is 2.25. The van der Waals surface area contributed by atoms with Gasteiger partial charge in [0.05, 0.1) is 0 Å². The Hall–Kier alpha value is -0.120. The zero-order valence-electron chi connectivity index (χ0n) is 11.3. The Balaban J connectivity index is 1.63. The minimum atomic E-state index is 0.813. The van der Waals surface area contributed by atoms with Gasteiger partial charge in [-0.3, -0.25) is 0 Å². The fourth-order valence-electron chi connectivity index (χ4n) is 3.06. The van der Waals surface area contributed by atoms with Crippen LogP contribution in [0.25, 0.3) is 0 Å². The molecule has 0 aromatic carbocycles. The van der Waals surface area contributed by atoms with Crippen molar-refractivity contribution in [2.24, 2.45) is 5.92 Å². The smallest absolute Gasteiger partial charge is 0.0480 e. The van der Waals surface area contributed by atoms with E-state index >= 15 is 0 Å². The number of hydrogen-bond acceptors (Lipinski definition) is 3. The Labute approximate surface area is 106 Å². The lowest BCUT2D eigenvalue weighted by Gasteiger charge is -2.39. The Morgan fingerprint density at radius 1 is 1.12 bits per heavy atom. The maximum absolute atomic E-state index is 5.44. The first kappa shape index (κ1) is 13.3. The van der Waals surface area contributed by atoms with Gasteiger partial charge in [0.1, 0.15) is 0 Å². The van der Waals surface area contributed by atoms with E-state index in [1.807, 2.05) is 0 Å². The van der Waals surface area contributed by atoms with Crippen LogP contribution in [0.5, 0.6) is 0 Å². The summed E-state index contributed by atoms with van der Waals surface area (Å²) in [5.74, 6) is 0.914. The van der Waals surface area contributed by atoms with Gasteiger partial charge in [-0.05, 0) is 64.2 Å². The van der Waals surface area contributed by atoms with Crippen LogP contribution >= 0.6 is 0 Å². The van der Waals surface area contributed by atoms with E-state index in [9.17, 15) is 0 Å². The highest BCUT2D eigenvalue weighted by molar-refractivity contribution is 4.80. The lowest BCUT2D eigenvalue weighted by Crippen LogP contribution is -2.45. The van der Waals surface area contributed by atoms with E-state index < -0.39 is 0 Å². The van der Waals surface area contributed by atoms with Crippen LogP contribution in [0.1, 0.15) is 39.0 Å². The third-order valence-corrected chi connectivity index (χ3v) is 4.22. The number of piperidine rings is 1. The van der Waals surface area contributed by atoms with Gasteiger partial charge in [0, 0.05) is 19.3 Å². The summed E-state index contributed by atoms with van der Waals surface area (Å²) in [7, 11) is 0. The van der Waals surface area contributed by atoms with Crippen LogP contribution in [0.15, 0.2) is 0 Å². The third kappa shape index (κ3) is 4.23. The predicted octanol–water partition coefficient (Wildman–Crippen LogP) is 1.88. The van der Waals surface area contributed by atoms with Gasteiger partial charge in [-0.15, -0.1) is 0 Å². The number of nitrogens with zero attached hydrogens (tertiary/aromatic N) is 1. The predicted molar refractivity (Wildman–Crippen MR) is 71.3 cm³/mol. The van der Waals surface area contributed by atoms with E-state index in [1.165, 1.54) is 58.3 Å². The topological polar surface area (TPSA) is 24.5 Å². The number of likely N-dealkylation sites (tertiary alicyclic amines) is 1. The van der Waals surface area contributed by atoms with Crippen LogP contribution in [-0.4, -0.2) is 50.3 Å². The molecule has 17 heavy (non-hydrogen) atoms. The fraction of sp³-hybridized carbons (Fsp3) is 1.00. The zero-order valence-corrected chi connectivity index (χ0v) is 11.3. The number of ether oxygens (including phenoxy) is 1. The summed E-state index contributed by atoms with van der Waals surface area (Å²) in [5.41, 5.74) is 0. The SMILES string of the molecule is CCCNCC1CCN(C2CCOCC2)CC1. The highest BCUT2D eigenvalue weighted by atomic mass is 16.5. The number of nitrogens with one attached hydrogen (secondary N) is 1. The summed E-state index contributed by atoms with van der Waals surface area (Å²) in [4.78, 5) is 2.71.